The van der Waals surface area contributed by atoms with Crippen LogP contribution in [0.5, 0.6) is 0 Å². The molecule has 1 heterocycles. The van der Waals surface area contributed by atoms with Crippen LogP contribution in [0.25, 0.3) is 0 Å². The van der Waals surface area contributed by atoms with Crippen LogP contribution < -0.4 is 0 Å². The van der Waals surface area contributed by atoms with Crippen LogP contribution in [-0.4, -0.2) is 54.6 Å². The summed E-state index contributed by atoms with van der Waals surface area (Å²) in [4.78, 5) is 2.28. The molecule has 1 aromatic rings. The molecule has 0 bridgehead atoms. The maximum Gasteiger partial charge on any atom is 0.128 e. The first-order valence-corrected chi connectivity index (χ1v) is 9.02. The minimum atomic E-state index is -0.560. The van der Waals surface area contributed by atoms with Crippen molar-refractivity contribution >= 4 is 0 Å². The summed E-state index contributed by atoms with van der Waals surface area (Å²) in [5.41, 5.74) is 0.529. The Labute approximate surface area is 143 Å². The molecular formula is C19H28FNO3. The van der Waals surface area contributed by atoms with Gasteiger partial charge in [0.2, 0.25) is 0 Å². The van der Waals surface area contributed by atoms with Crippen molar-refractivity contribution in [2.45, 2.75) is 50.4 Å². The van der Waals surface area contributed by atoms with E-state index in [1.54, 1.807) is 18.2 Å². The zero-order valence-corrected chi connectivity index (χ0v) is 14.3. The van der Waals surface area contributed by atoms with Crippen LogP contribution in [0.15, 0.2) is 24.3 Å². The average Bonchev–Trinajstić information content (AvgIpc) is 2.57. The Morgan fingerprint density at radius 3 is 2.83 bits per heavy atom. The number of nitrogens with zero attached hydrogens (tertiary/aromatic N) is 1. The van der Waals surface area contributed by atoms with Crippen molar-refractivity contribution in [1.82, 2.24) is 4.90 Å². The normalized spacial score (nSPS) is 22.6. The van der Waals surface area contributed by atoms with Crippen LogP contribution >= 0.6 is 0 Å². The average molecular weight is 337 g/mol. The summed E-state index contributed by atoms with van der Waals surface area (Å²) >= 11 is 0. The van der Waals surface area contributed by atoms with Gasteiger partial charge in [0, 0.05) is 25.2 Å². The van der Waals surface area contributed by atoms with Crippen molar-refractivity contribution in [3.05, 3.63) is 35.6 Å². The third kappa shape index (κ3) is 4.76. The topological polar surface area (TPSA) is 41.9 Å². The van der Waals surface area contributed by atoms with Gasteiger partial charge in [-0.05, 0) is 18.9 Å². The Morgan fingerprint density at radius 1 is 1.25 bits per heavy atom. The van der Waals surface area contributed by atoms with Crippen molar-refractivity contribution in [2.24, 2.45) is 0 Å². The van der Waals surface area contributed by atoms with Crippen LogP contribution in [0.2, 0.25) is 0 Å². The first kappa shape index (κ1) is 17.8. The number of morpholine rings is 1. The molecule has 3 rings (SSSR count). The molecule has 1 aliphatic carbocycles. The molecule has 1 saturated carbocycles. The summed E-state index contributed by atoms with van der Waals surface area (Å²) in [6, 6.07) is 6.58. The highest BCUT2D eigenvalue weighted by atomic mass is 19.1. The highest BCUT2D eigenvalue weighted by molar-refractivity contribution is 5.16. The van der Waals surface area contributed by atoms with Gasteiger partial charge in [-0.3, -0.25) is 4.90 Å². The second kappa shape index (κ2) is 8.39. The highest BCUT2D eigenvalue weighted by Gasteiger charge is 2.37. The molecular weight excluding hydrogens is 309 g/mol. The van der Waals surface area contributed by atoms with E-state index in [2.05, 4.69) is 4.90 Å². The SMILES string of the molecule is OC(COCc1ccccc1F)CN1CCOC2(CCCCC2)C1. The molecule has 1 saturated heterocycles. The number of benzene rings is 1. The molecule has 2 fully saturated rings. The molecule has 1 aliphatic heterocycles. The number of aliphatic hydroxyl groups is 1. The number of aliphatic hydroxyl groups excluding tert-OH is 1. The Balaban J connectivity index is 1.41. The molecule has 0 amide bonds. The van der Waals surface area contributed by atoms with E-state index in [-0.39, 0.29) is 24.6 Å². The molecule has 24 heavy (non-hydrogen) atoms. The minimum Gasteiger partial charge on any atom is -0.389 e. The summed E-state index contributed by atoms with van der Waals surface area (Å²) in [5, 5.41) is 10.2. The zero-order chi connectivity index (χ0) is 16.8. The number of hydrogen-bond acceptors (Lipinski definition) is 4. The van der Waals surface area contributed by atoms with Gasteiger partial charge in [-0.25, -0.2) is 4.39 Å². The fourth-order valence-corrected chi connectivity index (χ4v) is 3.85. The lowest BCUT2D eigenvalue weighted by Crippen LogP contribution is -2.54. The minimum absolute atomic E-state index is 0.00421. The molecule has 1 unspecified atom stereocenters. The Morgan fingerprint density at radius 2 is 2.04 bits per heavy atom. The van der Waals surface area contributed by atoms with Gasteiger partial charge in [-0.1, -0.05) is 37.5 Å². The van der Waals surface area contributed by atoms with Gasteiger partial charge in [-0.2, -0.15) is 0 Å². The second-order valence-corrected chi connectivity index (χ2v) is 7.09. The third-order valence-corrected chi connectivity index (χ3v) is 5.09. The molecule has 1 spiro atoms. The number of halogens is 1. The van der Waals surface area contributed by atoms with Crippen LogP contribution in [0, 0.1) is 5.82 Å². The van der Waals surface area contributed by atoms with Crippen LogP contribution in [-0.2, 0) is 16.1 Å². The maximum absolute atomic E-state index is 13.5. The van der Waals surface area contributed by atoms with E-state index < -0.39 is 6.10 Å². The summed E-state index contributed by atoms with van der Waals surface area (Å²) in [5.74, 6) is -0.264. The lowest BCUT2D eigenvalue weighted by molar-refractivity contribution is -0.134. The lowest BCUT2D eigenvalue weighted by atomic mass is 9.83. The van der Waals surface area contributed by atoms with Gasteiger partial charge in [0.25, 0.3) is 0 Å². The summed E-state index contributed by atoms with van der Waals surface area (Å²) in [6.45, 7) is 3.49. The molecule has 1 atom stereocenters. The summed E-state index contributed by atoms with van der Waals surface area (Å²) < 4.78 is 25.1. The molecule has 134 valence electrons. The van der Waals surface area contributed by atoms with Gasteiger partial charge in [-0.15, -0.1) is 0 Å². The van der Waals surface area contributed by atoms with Gasteiger partial charge < -0.3 is 14.6 Å². The van der Waals surface area contributed by atoms with E-state index in [4.69, 9.17) is 9.47 Å². The van der Waals surface area contributed by atoms with Gasteiger partial charge in [0.1, 0.15) is 5.82 Å². The second-order valence-electron chi connectivity index (χ2n) is 7.09. The van der Waals surface area contributed by atoms with Crippen LogP contribution in [0.4, 0.5) is 4.39 Å². The first-order valence-electron chi connectivity index (χ1n) is 9.02. The standard InChI is InChI=1S/C19H28FNO3/c20-18-7-3-2-6-16(18)13-23-14-17(22)12-21-10-11-24-19(15-21)8-4-1-5-9-19/h2-3,6-7,17,22H,1,4-5,8-15H2. The van der Waals surface area contributed by atoms with Crippen LogP contribution in [0.3, 0.4) is 0 Å². The zero-order valence-electron chi connectivity index (χ0n) is 14.3. The predicted octanol–water partition coefficient (Wildman–Crippen LogP) is 2.74. The van der Waals surface area contributed by atoms with E-state index in [1.165, 1.54) is 25.3 Å². The number of ether oxygens (including phenoxy) is 2. The van der Waals surface area contributed by atoms with Crippen LogP contribution in [0.1, 0.15) is 37.7 Å². The Bertz CT molecular complexity index is 514. The number of hydrogen-bond donors (Lipinski definition) is 1. The fraction of sp³-hybridized carbons (Fsp3) is 0.684. The lowest BCUT2D eigenvalue weighted by Gasteiger charge is -2.45. The summed E-state index contributed by atoms with van der Waals surface area (Å²) in [7, 11) is 0. The Hall–Kier alpha value is -1.01. The number of β-amino-alcohol motifs (C(OH)–C–C–N with tert-alkyl or cyclic N) is 1. The fourth-order valence-electron chi connectivity index (χ4n) is 3.85. The van der Waals surface area contributed by atoms with Crippen molar-refractivity contribution < 1.29 is 19.0 Å². The van der Waals surface area contributed by atoms with E-state index in [1.807, 2.05) is 0 Å². The van der Waals surface area contributed by atoms with E-state index in [9.17, 15) is 9.50 Å². The first-order chi connectivity index (χ1) is 11.7. The van der Waals surface area contributed by atoms with Gasteiger partial charge in [0.05, 0.1) is 31.5 Å². The van der Waals surface area contributed by atoms with Crippen molar-refractivity contribution in [2.75, 3.05) is 32.8 Å². The predicted molar refractivity (Wildman–Crippen MR) is 90.3 cm³/mol. The van der Waals surface area contributed by atoms with Gasteiger partial charge in [0.15, 0.2) is 0 Å². The number of rotatable bonds is 6. The van der Waals surface area contributed by atoms with Crippen molar-refractivity contribution in [3.8, 4) is 0 Å². The van der Waals surface area contributed by atoms with E-state index in [0.717, 1.165) is 32.5 Å². The Kier molecular flexibility index (Phi) is 6.22. The van der Waals surface area contributed by atoms with Crippen molar-refractivity contribution in [3.63, 3.8) is 0 Å². The third-order valence-electron chi connectivity index (χ3n) is 5.09. The molecule has 0 radical (unpaired) electrons. The molecule has 5 heteroatoms. The highest BCUT2D eigenvalue weighted by Crippen LogP contribution is 2.34. The molecule has 0 aromatic heterocycles. The molecule has 4 nitrogen and oxygen atoms in total. The molecule has 2 aliphatic rings. The quantitative estimate of drug-likeness (QED) is 0.867. The van der Waals surface area contributed by atoms with E-state index >= 15 is 0 Å². The van der Waals surface area contributed by atoms with Crippen molar-refractivity contribution in [1.29, 1.82) is 0 Å². The molecule has 1 aromatic carbocycles. The summed E-state index contributed by atoms with van der Waals surface area (Å²) in [6.07, 6.45) is 5.48. The van der Waals surface area contributed by atoms with Gasteiger partial charge >= 0.3 is 0 Å². The smallest absolute Gasteiger partial charge is 0.128 e. The largest absolute Gasteiger partial charge is 0.389 e. The monoisotopic (exact) mass is 337 g/mol. The van der Waals surface area contributed by atoms with E-state index in [0.29, 0.717) is 12.1 Å². The maximum atomic E-state index is 13.5. The molecule has 1 N–H and O–H groups in total.